The number of phenolic OH excluding ortho intramolecular Hbond substituents is 1. The zero-order chi connectivity index (χ0) is 9.68. The molecule has 0 atom stereocenters. The molecule has 1 aromatic rings. The van der Waals surface area contributed by atoms with Gasteiger partial charge in [-0.3, -0.25) is 5.43 Å². The fraction of sp³-hybridized carbons (Fsp3) is 0. The molecule has 1 aromatic carbocycles. The Morgan fingerprint density at radius 3 is 2.44 bits per heavy atom. The minimum Gasteiger partial charge on any atom is -1.00 e. The molecule has 0 spiro atoms. The second kappa shape index (κ2) is 11.1. The van der Waals surface area contributed by atoms with E-state index in [0.717, 1.165) is 0 Å². The van der Waals surface area contributed by atoms with E-state index in [1.807, 2.05) is 0 Å². The first kappa shape index (κ1) is 21.0. The van der Waals surface area contributed by atoms with E-state index in [2.05, 4.69) is 22.7 Å². The summed E-state index contributed by atoms with van der Waals surface area (Å²) in [6, 6.07) is 6.82. The number of phenols is 1. The topological polar surface area (TPSA) is 70.6 Å². The van der Waals surface area contributed by atoms with Crippen molar-refractivity contribution in [2.24, 2.45) is 10.8 Å². The van der Waals surface area contributed by atoms with Crippen LogP contribution in [0.5, 0.6) is 5.75 Å². The summed E-state index contributed by atoms with van der Waals surface area (Å²) in [6.45, 7) is 0. The van der Waals surface area contributed by atoms with Gasteiger partial charge in [-0.05, 0) is 24.4 Å². The van der Waals surface area contributed by atoms with Crippen molar-refractivity contribution in [2.75, 3.05) is 0 Å². The van der Waals surface area contributed by atoms with Gasteiger partial charge in [0.1, 0.15) is 5.75 Å². The fourth-order valence-corrected chi connectivity index (χ4v) is 0.815. The number of aromatic hydroxyl groups is 1. The average Bonchev–Trinajstić information content (AvgIpc) is 2.08. The van der Waals surface area contributed by atoms with Gasteiger partial charge in [0, 0.05) is 5.56 Å². The van der Waals surface area contributed by atoms with Crippen LogP contribution in [-0.4, -0.2) is 16.4 Å². The number of para-hydroxylation sites is 1. The number of hydrogen-bond acceptors (Lipinski definition) is 3. The zero-order valence-electron chi connectivity index (χ0n) is 7.84. The summed E-state index contributed by atoms with van der Waals surface area (Å²) in [5.41, 5.74) is 8.13. The Balaban J connectivity index is -0.000000563. The molecule has 0 aliphatic rings. The number of nitrogens with one attached hydrogen (secondary N) is 1. The van der Waals surface area contributed by atoms with Crippen molar-refractivity contribution in [3.8, 4) is 5.75 Å². The second-order valence-electron chi connectivity index (χ2n) is 2.29. The van der Waals surface area contributed by atoms with Crippen LogP contribution in [0.3, 0.4) is 0 Å². The van der Waals surface area contributed by atoms with E-state index in [1.54, 1.807) is 24.3 Å². The summed E-state index contributed by atoms with van der Waals surface area (Å²) in [5, 5.41) is 13.1. The predicted molar refractivity (Wildman–Crippen MR) is 55.6 cm³/mol. The molecular weight excluding hydrogens is 364 g/mol. The number of benzene rings is 1. The van der Waals surface area contributed by atoms with Gasteiger partial charge >= 0.3 is 20.4 Å². The molecule has 0 radical (unpaired) electrons. The van der Waals surface area contributed by atoms with Gasteiger partial charge < -0.3 is 35.7 Å². The molecule has 1 rings (SSSR count). The van der Waals surface area contributed by atoms with Crippen molar-refractivity contribution < 1.29 is 50.3 Å². The molecule has 0 bridgehead atoms. The average molecular weight is 373 g/mol. The number of thiocarbonyl (C=S) groups is 1. The summed E-state index contributed by atoms with van der Waals surface area (Å²) >= 11 is 4.53. The van der Waals surface area contributed by atoms with E-state index in [9.17, 15) is 5.11 Å². The van der Waals surface area contributed by atoms with Crippen LogP contribution in [0.25, 0.3) is 0 Å². The fourth-order valence-electron chi connectivity index (χ4n) is 0.762. The summed E-state index contributed by atoms with van der Waals surface area (Å²) in [4.78, 5) is 0. The van der Waals surface area contributed by atoms with Crippen molar-refractivity contribution in [1.82, 2.24) is 5.43 Å². The van der Waals surface area contributed by atoms with Crippen LogP contribution in [-0.2, 0) is 20.4 Å². The molecule has 0 amide bonds. The Morgan fingerprint density at radius 1 is 1.38 bits per heavy atom. The number of rotatable bonds is 2. The number of nitrogens with two attached hydrogens (primary N) is 1. The third-order valence-electron chi connectivity index (χ3n) is 1.32. The quantitative estimate of drug-likeness (QED) is 0.210. The molecule has 92 valence electrons. The van der Waals surface area contributed by atoms with Crippen LogP contribution in [0.1, 0.15) is 5.56 Å². The molecule has 0 saturated heterocycles. The number of hydrazone groups is 1. The maximum absolute atomic E-state index is 9.29. The van der Waals surface area contributed by atoms with Crippen molar-refractivity contribution >= 4 is 23.5 Å². The normalized spacial score (nSPS) is 8.25. The van der Waals surface area contributed by atoms with Crippen molar-refractivity contribution in [3.05, 3.63) is 29.8 Å². The minimum atomic E-state index is 0. The van der Waals surface area contributed by atoms with Gasteiger partial charge in [0.05, 0.1) is 6.21 Å². The van der Waals surface area contributed by atoms with Crippen molar-refractivity contribution in [1.29, 1.82) is 0 Å². The largest absolute Gasteiger partial charge is 2.00 e. The Bertz CT molecular complexity index is 352. The minimum absolute atomic E-state index is 0. The van der Waals surface area contributed by atoms with E-state index >= 15 is 0 Å². The summed E-state index contributed by atoms with van der Waals surface area (Å²) in [6.07, 6.45) is 1.44. The van der Waals surface area contributed by atoms with Crippen LogP contribution >= 0.6 is 12.2 Å². The van der Waals surface area contributed by atoms with Crippen molar-refractivity contribution in [2.45, 2.75) is 0 Å². The van der Waals surface area contributed by atoms with Crippen LogP contribution < -0.4 is 36.0 Å². The van der Waals surface area contributed by atoms with Gasteiger partial charge in [-0.15, -0.1) is 0 Å². The molecule has 0 aliphatic heterocycles. The third kappa shape index (κ3) is 7.86. The van der Waals surface area contributed by atoms with E-state index in [1.165, 1.54) is 6.21 Å². The van der Waals surface area contributed by atoms with E-state index < -0.39 is 0 Å². The van der Waals surface area contributed by atoms with Crippen LogP contribution in [0.4, 0.5) is 0 Å². The standard InChI is InChI=1S/C8H9N3OS.2ClH.Pd/c9-8(13)11-10-5-6-3-1-2-4-7(6)12;;;/h1-5,12H,(H3,9,11,13);2*1H;/q;;;+2/p-2/b10-5-;;;. The zero-order valence-corrected chi connectivity index (χ0v) is 11.7. The van der Waals surface area contributed by atoms with Gasteiger partial charge in [0.15, 0.2) is 5.11 Å². The number of hydrogen-bond donors (Lipinski definition) is 3. The predicted octanol–water partition coefficient (Wildman–Crippen LogP) is -5.44. The van der Waals surface area contributed by atoms with Crippen molar-refractivity contribution in [3.63, 3.8) is 0 Å². The number of nitrogens with zero attached hydrogens (tertiary/aromatic N) is 1. The molecule has 8 heteroatoms. The Kier molecular flexibility index (Phi) is 14.6. The molecule has 0 saturated carbocycles. The summed E-state index contributed by atoms with van der Waals surface area (Å²) < 4.78 is 0. The summed E-state index contributed by atoms with van der Waals surface area (Å²) in [7, 11) is 0. The molecule has 4 N–H and O–H groups in total. The molecule has 0 fully saturated rings. The monoisotopic (exact) mass is 371 g/mol. The van der Waals surface area contributed by atoms with Gasteiger partial charge in [0.25, 0.3) is 0 Å². The molecule has 16 heavy (non-hydrogen) atoms. The first-order valence-electron chi connectivity index (χ1n) is 3.56. The first-order valence-corrected chi connectivity index (χ1v) is 3.97. The van der Waals surface area contributed by atoms with E-state index in [4.69, 9.17) is 5.73 Å². The van der Waals surface area contributed by atoms with Gasteiger partial charge in [-0.25, -0.2) is 0 Å². The molecule has 0 aromatic heterocycles. The second-order valence-corrected chi connectivity index (χ2v) is 2.73. The first-order chi connectivity index (χ1) is 6.20. The maximum atomic E-state index is 9.29. The van der Waals surface area contributed by atoms with Crippen LogP contribution in [0.15, 0.2) is 29.4 Å². The Labute approximate surface area is 125 Å². The SMILES string of the molecule is NC(=S)N/N=C\c1ccccc1O.[Cl-].[Cl-].[Pd+2]. The number of halogens is 2. The maximum Gasteiger partial charge on any atom is 2.00 e. The van der Waals surface area contributed by atoms with E-state index in [0.29, 0.717) is 5.56 Å². The Hall–Kier alpha value is -0.378. The molecule has 0 heterocycles. The van der Waals surface area contributed by atoms with Gasteiger partial charge in [0.2, 0.25) is 0 Å². The smallest absolute Gasteiger partial charge is 1.00 e. The Morgan fingerprint density at radius 2 is 1.94 bits per heavy atom. The van der Waals surface area contributed by atoms with Crippen LogP contribution in [0, 0.1) is 0 Å². The molecule has 4 nitrogen and oxygen atoms in total. The molecule has 0 unspecified atom stereocenters. The van der Waals surface area contributed by atoms with Gasteiger partial charge in [-0.1, -0.05) is 12.1 Å². The van der Waals surface area contributed by atoms with E-state index in [-0.39, 0.29) is 56.1 Å². The third-order valence-corrected chi connectivity index (χ3v) is 1.41. The summed E-state index contributed by atoms with van der Waals surface area (Å²) in [5.74, 6) is 0.163. The molecule has 0 aliphatic carbocycles. The van der Waals surface area contributed by atoms with Gasteiger partial charge in [-0.2, -0.15) is 5.10 Å². The molecular formula is C8H9Cl2N3OPdS. The van der Waals surface area contributed by atoms with Crippen LogP contribution in [0.2, 0.25) is 0 Å².